The Balaban J connectivity index is 1.71. The molecule has 8 heteroatoms. The summed E-state index contributed by atoms with van der Waals surface area (Å²) in [6.07, 6.45) is 2.05. The van der Waals surface area contributed by atoms with Crippen LogP contribution in [0.3, 0.4) is 0 Å². The number of aromatic nitrogens is 3. The van der Waals surface area contributed by atoms with Gasteiger partial charge in [0, 0.05) is 25.8 Å². The second kappa shape index (κ2) is 8.40. The van der Waals surface area contributed by atoms with Gasteiger partial charge >= 0.3 is 5.69 Å². The van der Waals surface area contributed by atoms with Crippen LogP contribution in [0.1, 0.15) is 5.56 Å². The van der Waals surface area contributed by atoms with Crippen LogP contribution in [-0.2, 0) is 29.0 Å². The molecule has 0 radical (unpaired) electrons. The first kappa shape index (κ1) is 19.1. The van der Waals surface area contributed by atoms with Crippen molar-refractivity contribution in [1.82, 2.24) is 19.0 Å². The first-order valence-corrected chi connectivity index (χ1v) is 9.63. The number of rotatable bonds is 5. The first-order valence-electron chi connectivity index (χ1n) is 9.63. The average molecular weight is 394 g/mol. The molecule has 1 aliphatic heterocycles. The zero-order valence-corrected chi connectivity index (χ0v) is 16.0. The number of amides is 1. The molecule has 8 nitrogen and oxygen atoms in total. The van der Waals surface area contributed by atoms with E-state index in [1.54, 1.807) is 17.0 Å². The number of morpholine rings is 1. The van der Waals surface area contributed by atoms with Crippen LogP contribution in [-0.4, -0.2) is 51.2 Å². The lowest BCUT2D eigenvalue weighted by atomic mass is 10.1. The number of aryl methyl sites for hydroxylation is 1. The van der Waals surface area contributed by atoms with Gasteiger partial charge in [-0.2, -0.15) is 0 Å². The Hall–Kier alpha value is -3.26. The van der Waals surface area contributed by atoms with Gasteiger partial charge in [-0.1, -0.05) is 30.3 Å². The predicted molar refractivity (Wildman–Crippen MR) is 108 cm³/mol. The van der Waals surface area contributed by atoms with Crippen LogP contribution in [0.25, 0.3) is 11.0 Å². The lowest BCUT2D eigenvalue weighted by molar-refractivity contribution is -0.135. The molecule has 2 aromatic heterocycles. The van der Waals surface area contributed by atoms with E-state index in [-0.39, 0.29) is 24.5 Å². The van der Waals surface area contributed by atoms with Gasteiger partial charge in [0.15, 0.2) is 5.52 Å². The largest absolute Gasteiger partial charge is 0.378 e. The molecule has 1 aliphatic rings. The normalized spacial score (nSPS) is 14.3. The summed E-state index contributed by atoms with van der Waals surface area (Å²) in [6.45, 7) is 2.06. The maximum Gasteiger partial charge on any atom is 0.332 e. The highest BCUT2D eigenvalue weighted by Gasteiger charge is 2.21. The van der Waals surface area contributed by atoms with Crippen molar-refractivity contribution in [3.8, 4) is 0 Å². The number of ether oxygens (including phenoxy) is 1. The monoisotopic (exact) mass is 394 g/mol. The van der Waals surface area contributed by atoms with Gasteiger partial charge in [0.25, 0.3) is 5.56 Å². The number of nitrogens with zero attached hydrogens (tertiary/aromatic N) is 4. The zero-order chi connectivity index (χ0) is 20.2. The Bertz CT molecular complexity index is 1130. The van der Waals surface area contributed by atoms with Gasteiger partial charge in [0.05, 0.1) is 18.7 Å². The summed E-state index contributed by atoms with van der Waals surface area (Å²) in [5.41, 5.74) is 0.663. The van der Waals surface area contributed by atoms with Gasteiger partial charge in [0.2, 0.25) is 5.91 Å². The summed E-state index contributed by atoms with van der Waals surface area (Å²) in [5, 5.41) is 0. The summed E-state index contributed by atoms with van der Waals surface area (Å²) < 4.78 is 7.81. The van der Waals surface area contributed by atoms with Crippen molar-refractivity contribution in [3.05, 3.63) is 75.1 Å². The summed E-state index contributed by atoms with van der Waals surface area (Å²) in [5.74, 6) is -0.172. The summed E-state index contributed by atoms with van der Waals surface area (Å²) in [7, 11) is 0. The third kappa shape index (κ3) is 3.97. The van der Waals surface area contributed by atoms with Crippen LogP contribution < -0.4 is 11.2 Å². The minimum absolute atomic E-state index is 0.132. The van der Waals surface area contributed by atoms with E-state index in [0.717, 1.165) is 5.56 Å². The molecule has 0 unspecified atom stereocenters. The highest BCUT2D eigenvalue weighted by atomic mass is 16.5. The molecule has 3 aromatic rings. The van der Waals surface area contributed by atoms with Crippen molar-refractivity contribution in [3.63, 3.8) is 0 Å². The second-order valence-corrected chi connectivity index (χ2v) is 6.93. The van der Waals surface area contributed by atoms with Crippen molar-refractivity contribution >= 4 is 16.9 Å². The third-order valence-electron chi connectivity index (χ3n) is 5.11. The van der Waals surface area contributed by atoms with E-state index < -0.39 is 11.2 Å². The number of hydrogen-bond acceptors (Lipinski definition) is 5. The molecule has 1 fully saturated rings. The second-order valence-electron chi connectivity index (χ2n) is 6.93. The molecule has 3 heterocycles. The standard InChI is InChI=1S/C21H22N4O4/c26-18(23-11-13-29-14-12-23)15-25-17-7-4-9-22-19(17)20(27)24(21(25)28)10-8-16-5-2-1-3-6-16/h1-7,9H,8,10-15H2. The molecular weight excluding hydrogens is 372 g/mol. The van der Waals surface area contributed by atoms with Crippen LogP contribution in [0.4, 0.5) is 0 Å². The fourth-order valence-corrected chi connectivity index (χ4v) is 3.53. The van der Waals surface area contributed by atoms with E-state index in [2.05, 4.69) is 4.98 Å². The zero-order valence-electron chi connectivity index (χ0n) is 16.0. The molecule has 4 rings (SSSR count). The quantitative estimate of drug-likeness (QED) is 0.635. The van der Waals surface area contributed by atoms with Crippen molar-refractivity contribution < 1.29 is 9.53 Å². The molecule has 0 spiro atoms. The van der Waals surface area contributed by atoms with Crippen LogP contribution in [0.15, 0.2) is 58.3 Å². The van der Waals surface area contributed by atoms with Gasteiger partial charge in [-0.05, 0) is 24.1 Å². The first-order chi connectivity index (χ1) is 14.1. The van der Waals surface area contributed by atoms with Gasteiger partial charge in [0.1, 0.15) is 6.54 Å². The molecule has 0 atom stereocenters. The highest BCUT2D eigenvalue weighted by molar-refractivity contribution is 5.79. The van der Waals surface area contributed by atoms with E-state index in [4.69, 9.17) is 4.74 Å². The molecule has 0 N–H and O–H groups in total. The van der Waals surface area contributed by atoms with Crippen molar-refractivity contribution in [1.29, 1.82) is 0 Å². The van der Waals surface area contributed by atoms with Gasteiger partial charge in [-0.3, -0.25) is 18.7 Å². The number of carbonyl (C=O) groups excluding carboxylic acids is 1. The number of carbonyl (C=O) groups is 1. The van der Waals surface area contributed by atoms with Gasteiger partial charge in [-0.25, -0.2) is 9.78 Å². The fraction of sp³-hybridized carbons (Fsp3) is 0.333. The number of benzene rings is 1. The molecule has 1 saturated heterocycles. The maximum atomic E-state index is 13.1. The smallest absolute Gasteiger partial charge is 0.332 e. The van der Waals surface area contributed by atoms with Gasteiger partial charge < -0.3 is 9.64 Å². The lowest BCUT2D eigenvalue weighted by Crippen LogP contribution is -2.46. The number of hydrogen-bond donors (Lipinski definition) is 0. The van der Waals surface area contributed by atoms with Gasteiger partial charge in [-0.15, -0.1) is 0 Å². The van der Waals surface area contributed by atoms with E-state index in [9.17, 15) is 14.4 Å². The Kier molecular flexibility index (Phi) is 5.53. The summed E-state index contributed by atoms with van der Waals surface area (Å²) in [4.78, 5) is 44.6. The molecule has 0 bridgehead atoms. The van der Waals surface area contributed by atoms with E-state index in [1.807, 2.05) is 30.3 Å². The Labute approximate surface area is 167 Å². The Morgan fingerprint density at radius 1 is 1.00 bits per heavy atom. The average Bonchev–Trinajstić information content (AvgIpc) is 2.78. The Morgan fingerprint density at radius 3 is 2.52 bits per heavy atom. The predicted octanol–water partition coefficient (Wildman–Crippen LogP) is 0.660. The van der Waals surface area contributed by atoms with Crippen molar-refractivity contribution in [2.75, 3.05) is 26.3 Å². The van der Waals surface area contributed by atoms with Crippen molar-refractivity contribution in [2.45, 2.75) is 19.5 Å². The summed E-state index contributed by atoms with van der Waals surface area (Å²) in [6, 6.07) is 13.0. The molecule has 150 valence electrons. The van der Waals surface area contributed by atoms with E-state index >= 15 is 0 Å². The molecule has 0 saturated carbocycles. The summed E-state index contributed by atoms with van der Waals surface area (Å²) >= 11 is 0. The topological polar surface area (TPSA) is 86.4 Å². The van der Waals surface area contributed by atoms with Crippen LogP contribution in [0, 0.1) is 0 Å². The van der Waals surface area contributed by atoms with Crippen LogP contribution in [0.5, 0.6) is 0 Å². The SMILES string of the molecule is O=C(Cn1c(=O)n(CCc2ccccc2)c(=O)c2ncccc21)N1CCOCC1. The molecule has 29 heavy (non-hydrogen) atoms. The Morgan fingerprint density at radius 2 is 1.76 bits per heavy atom. The van der Waals surface area contributed by atoms with Crippen LogP contribution in [0.2, 0.25) is 0 Å². The van der Waals surface area contributed by atoms with E-state index in [1.165, 1.54) is 15.3 Å². The molecular formula is C21H22N4O4. The molecule has 1 amide bonds. The molecule has 1 aromatic carbocycles. The minimum Gasteiger partial charge on any atom is -0.378 e. The van der Waals surface area contributed by atoms with E-state index in [0.29, 0.717) is 38.2 Å². The number of fused-ring (bicyclic) bond motifs is 1. The minimum atomic E-state index is -0.493. The fourth-order valence-electron chi connectivity index (χ4n) is 3.53. The maximum absolute atomic E-state index is 13.1. The number of pyridine rings is 1. The lowest BCUT2D eigenvalue weighted by Gasteiger charge is -2.27. The van der Waals surface area contributed by atoms with Crippen molar-refractivity contribution in [2.24, 2.45) is 0 Å². The highest BCUT2D eigenvalue weighted by Crippen LogP contribution is 2.07. The third-order valence-corrected chi connectivity index (χ3v) is 5.11. The molecule has 0 aliphatic carbocycles. The van der Waals surface area contributed by atoms with Crippen LogP contribution >= 0.6 is 0 Å².